The van der Waals surface area contributed by atoms with E-state index in [9.17, 15) is 9.59 Å². The van der Waals surface area contributed by atoms with Crippen molar-refractivity contribution < 1.29 is 14.3 Å². The number of carbonyl (C=O) groups excluding carboxylic acids is 2. The quantitative estimate of drug-likeness (QED) is 0.348. The molecule has 0 fully saturated rings. The van der Waals surface area contributed by atoms with Crippen LogP contribution in [0.3, 0.4) is 0 Å². The van der Waals surface area contributed by atoms with E-state index in [2.05, 4.69) is 20.6 Å². The van der Waals surface area contributed by atoms with Crippen LogP contribution in [0.2, 0.25) is 0 Å². The summed E-state index contributed by atoms with van der Waals surface area (Å²) in [6.07, 6.45) is 3.97. The lowest BCUT2D eigenvalue weighted by Crippen LogP contribution is -2.51. The van der Waals surface area contributed by atoms with Crippen LogP contribution >= 0.6 is 0 Å². The number of carbonyl (C=O) groups is 2. The fourth-order valence-corrected chi connectivity index (χ4v) is 4.01. The second-order valence-electron chi connectivity index (χ2n) is 9.35. The van der Waals surface area contributed by atoms with Gasteiger partial charge in [-0.15, -0.1) is 5.10 Å². The van der Waals surface area contributed by atoms with Crippen molar-refractivity contribution in [2.45, 2.75) is 52.2 Å². The van der Waals surface area contributed by atoms with Crippen molar-refractivity contribution in [1.29, 1.82) is 0 Å². The Kier molecular flexibility index (Phi) is 7.81. The zero-order chi connectivity index (χ0) is 26.4. The van der Waals surface area contributed by atoms with Crippen molar-refractivity contribution in [3.63, 3.8) is 0 Å². The molecule has 0 saturated heterocycles. The Morgan fingerprint density at radius 1 is 1.08 bits per heavy atom. The van der Waals surface area contributed by atoms with Crippen LogP contribution in [0.4, 0.5) is 5.69 Å². The average molecular weight is 501 g/mol. The smallest absolute Gasteiger partial charge is 0.249 e. The van der Waals surface area contributed by atoms with Gasteiger partial charge in [0.1, 0.15) is 23.9 Å². The van der Waals surface area contributed by atoms with Crippen LogP contribution < -0.4 is 15.0 Å². The van der Waals surface area contributed by atoms with Gasteiger partial charge in [-0.2, -0.15) is 0 Å². The monoisotopic (exact) mass is 500 g/mol. The number of rotatable bonds is 10. The maximum Gasteiger partial charge on any atom is 0.249 e. The summed E-state index contributed by atoms with van der Waals surface area (Å²) in [5.74, 6) is -0.0377. The fraction of sp³-hybridized carbons (Fsp3) is 0.321. The number of hydrogen-bond donors (Lipinski definition) is 1. The first kappa shape index (κ1) is 25.8. The lowest BCUT2D eigenvalue weighted by atomic mass is 9.99. The molecule has 37 heavy (non-hydrogen) atoms. The highest BCUT2D eigenvalue weighted by atomic mass is 16.5. The Labute approximate surface area is 216 Å². The highest BCUT2D eigenvalue weighted by Gasteiger charge is 2.35. The van der Waals surface area contributed by atoms with Crippen molar-refractivity contribution in [2.24, 2.45) is 0 Å². The van der Waals surface area contributed by atoms with Crippen LogP contribution in [0.25, 0.3) is 11.0 Å². The summed E-state index contributed by atoms with van der Waals surface area (Å²) in [7, 11) is 0. The number of ether oxygens (including phenoxy) is 1. The predicted octanol–water partition coefficient (Wildman–Crippen LogP) is 4.30. The summed E-state index contributed by atoms with van der Waals surface area (Å²) < 4.78 is 7.25. The standard InChI is InChI=1S/C28H32N6O3/c1-5-28(3,4)30-27(36)26(20-11-10-16-29-18-20)34(21-12-9-13-22(17-21)37-6-2)25(35)19-33-24-15-8-7-14-23(24)31-32-33/h7-18,26H,5-6,19H2,1-4H3,(H,30,36)/t26-/m0/s1. The molecule has 4 aromatic rings. The van der Waals surface area contributed by atoms with Gasteiger partial charge in [0.25, 0.3) is 0 Å². The lowest BCUT2D eigenvalue weighted by molar-refractivity contribution is -0.128. The molecule has 1 atom stereocenters. The lowest BCUT2D eigenvalue weighted by Gasteiger charge is -2.34. The molecular formula is C28H32N6O3. The summed E-state index contributed by atoms with van der Waals surface area (Å²) in [6, 6.07) is 17.2. The minimum absolute atomic E-state index is 0.111. The van der Waals surface area contributed by atoms with Gasteiger partial charge in [0.2, 0.25) is 11.8 Å². The maximum atomic E-state index is 14.1. The van der Waals surface area contributed by atoms with Crippen molar-refractivity contribution in [1.82, 2.24) is 25.3 Å². The van der Waals surface area contributed by atoms with Crippen molar-refractivity contribution >= 4 is 28.5 Å². The summed E-state index contributed by atoms with van der Waals surface area (Å²) in [5.41, 5.74) is 2.06. The number of pyridine rings is 1. The minimum atomic E-state index is -0.973. The molecule has 2 aromatic heterocycles. The molecule has 0 aliphatic heterocycles. The third kappa shape index (κ3) is 5.94. The van der Waals surface area contributed by atoms with Crippen LogP contribution in [0, 0.1) is 0 Å². The normalized spacial score (nSPS) is 12.2. The van der Waals surface area contributed by atoms with E-state index in [-0.39, 0.29) is 18.4 Å². The average Bonchev–Trinajstić information content (AvgIpc) is 3.30. The van der Waals surface area contributed by atoms with E-state index in [1.165, 1.54) is 4.90 Å². The molecule has 0 radical (unpaired) electrons. The Morgan fingerprint density at radius 3 is 2.62 bits per heavy atom. The van der Waals surface area contributed by atoms with E-state index in [4.69, 9.17) is 4.74 Å². The molecule has 0 aliphatic rings. The SMILES string of the molecule is CCOc1cccc(N(C(=O)Cn2nnc3ccccc32)[C@H](C(=O)NC(C)(C)CC)c2cccnc2)c1. The molecule has 1 N–H and O–H groups in total. The molecule has 0 aliphatic carbocycles. The molecular weight excluding hydrogens is 468 g/mol. The number of aromatic nitrogens is 4. The highest BCUT2D eigenvalue weighted by molar-refractivity contribution is 6.01. The number of para-hydroxylation sites is 1. The first-order valence-corrected chi connectivity index (χ1v) is 12.4. The fourth-order valence-electron chi connectivity index (χ4n) is 4.01. The number of nitrogens with one attached hydrogen (secondary N) is 1. The second kappa shape index (κ2) is 11.2. The molecule has 2 heterocycles. The molecule has 2 amide bonds. The number of amides is 2. The van der Waals surface area contributed by atoms with E-state index in [1.807, 2.05) is 58.0 Å². The first-order chi connectivity index (χ1) is 17.8. The van der Waals surface area contributed by atoms with Gasteiger partial charge in [0.05, 0.1) is 12.1 Å². The molecule has 4 rings (SSSR count). The zero-order valence-corrected chi connectivity index (χ0v) is 21.6. The number of hydrogen-bond acceptors (Lipinski definition) is 6. The molecule has 192 valence electrons. The minimum Gasteiger partial charge on any atom is -0.494 e. The van der Waals surface area contributed by atoms with E-state index in [0.29, 0.717) is 29.1 Å². The van der Waals surface area contributed by atoms with E-state index < -0.39 is 11.6 Å². The Balaban J connectivity index is 1.82. The summed E-state index contributed by atoms with van der Waals surface area (Å²) in [6.45, 7) is 8.16. The van der Waals surface area contributed by atoms with Gasteiger partial charge in [-0.25, -0.2) is 4.68 Å². The Morgan fingerprint density at radius 2 is 1.89 bits per heavy atom. The Bertz CT molecular complexity index is 1370. The zero-order valence-electron chi connectivity index (χ0n) is 21.6. The van der Waals surface area contributed by atoms with Gasteiger partial charge in [-0.1, -0.05) is 36.4 Å². The van der Waals surface area contributed by atoms with E-state index >= 15 is 0 Å². The summed E-state index contributed by atoms with van der Waals surface area (Å²) in [5, 5.41) is 11.5. The number of nitrogens with zero attached hydrogens (tertiary/aromatic N) is 5. The van der Waals surface area contributed by atoms with Crippen LogP contribution in [0.5, 0.6) is 5.75 Å². The number of benzene rings is 2. The van der Waals surface area contributed by atoms with Crippen LogP contribution in [0.15, 0.2) is 73.1 Å². The van der Waals surface area contributed by atoms with Crippen molar-refractivity contribution in [3.05, 3.63) is 78.6 Å². The molecule has 0 spiro atoms. The van der Waals surface area contributed by atoms with Crippen molar-refractivity contribution in [3.8, 4) is 5.75 Å². The van der Waals surface area contributed by atoms with E-state index in [0.717, 1.165) is 11.9 Å². The molecule has 9 nitrogen and oxygen atoms in total. The third-order valence-corrected chi connectivity index (χ3v) is 6.23. The molecule has 0 saturated carbocycles. The summed E-state index contributed by atoms with van der Waals surface area (Å²) in [4.78, 5) is 33.7. The molecule has 2 aromatic carbocycles. The van der Waals surface area contributed by atoms with Gasteiger partial charge >= 0.3 is 0 Å². The molecule has 0 bridgehead atoms. The van der Waals surface area contributed by atoms with Crippen molar-refractivity contribution in [2.75, 3.05) is 11.5 Å². The van der Waals surface area contributed by atoms with Gasteiger partial charge in [-0.05, 0) is 57.5 Å². The number of anilines is 1. The third-order valence-electron chi connectivity index (χ3n) is 6.23. The number of fused-ring (bicyclic) bond motifs is 1. The summed E-state index contributed by atoms with van der Waals surface area (Å²) >= 11 is 0. The molecule has 0 unspecified atom stereocenters. The molecule has 9 heteroatoms. The predicted molar refractivity (Wildman–Crippen MR) is 142 cm³/mol. The largest absolute Gasteiger partial charge is 0.494 e. The first-order valence-electron chi connectivity index (χ1n) is 12.4. The highest BCUT2D eigenvalue weighted by Crippen LogP contribution is 2.31. The van der Waals surface area contributed by atoms with Crippen LogP contribution in [0.1, 0.15) is 45.7 Å². The second-order valence-corrected chi connectivity index (χ2v) is 9.35. The maximum absolute atomic E-state index is 14.1. The van der Waals surface area contributed by atoms with Crippen LogP contribution in [-0.2, 0) is 16.1 Å². The van der Waals surface area contributed by atoms with Gasteiger partial charge in [0, 0.05) is 35.2 Å². The van der Waals surface area contributed by atoms with Gasteiger partial charge in [-0.3, -0.25) is 19.5 Å². The topological polar surface area (TPSA) is 102 Å². The van der Waals surface area contributed by atoms with Crippen LogP contribution in [-0.4, -0.2) is 43.9 Å². The van der Waals surface area contributed by atoms with E-state index in [1.54, 1.807) is 47.4 Å². The van der Waals surface area contributed by atoms with Gasteiger partial charge in [0.15, 0.2) is 0 Å². The Hall–Kier alpha value is -4.27. The van der Waals surface area contributed by atoms with Gasteiger partial charge < -0.3 is 10.1 Å².